The molecule has 1 amide bonds. The van der Waals surface area contributed by atoms with E-state index in [2.05, 4.69) is 0 Å². The Balaban J connectivity index is 2.03. The Bertz CT molecular complexity index is 198. The third-order valence-electron chi connectivity index (χ3n) is 2.90. The molecule has 1 aliphatic rings. The first kappa shape index (κ1) is 13.5. The minimum Gasteiger partial charge on any atom is -0.378 e. The van der Waals surface area contributed by atoms with Crippen LogP contribution in [0.4, 0.5) is 0 Å². The van der Waals surface area contributed by atoms with Gasteiger partial charge in [0.2, 0.25) is 5.91 Å². The molecule has 0 aromatic heterocycles. The quantitative estimate of drug-likeness (QED) is 0.620. The predicted octanol–water partition coefficient (Wildman–Crippen LogP) is 1.44. The normalized spacial score (nSPS) is 20.0. The number of nitrogens with zero attached hydrogens (tertiary/aromatic N) is 1. The molecule has 0 aromatic carbocycles. The van der Waals surface area contributed by atoms with Gasteiger partial charge < -0.3 is 14.4 Å². The van der Waals surface area contributed by atoms with Crippen LogP contribution in [-0.4, -0.2) is 49.8 Å². The number of rotatable bonds is 7. The minimum atomic E-state index is 0.178. The lowest BCUT2D eigenvalue weighted by Gasteiger charge is -2.18. The number of carbonyl (C=O) groups excluding carboxylic acids is 1. The molecule has 0 N–H and O–H groups in total. The average Bonchev–Trinajstić information content (AvgIpc) is 2.79. The first-order valence-corrected chi connectivity index (χ1v) is 6.25. The van der Waals surface area contributed by atoms with Crippen molar-refractivity contribution in [1.82, 2.24) is 4.90 Å². The zero-order chi connectivity index (χ0) is 11.8. The summed E-state index contributed by atoms with van der Waals surface area (Å²) >= 11 is 0. The summed E-state index contributed by atoms with van der Waals surface area (Å²) < 4.78 is 10.9. The molecule has 0 saturated carbocycles. The van der Waals surface area contributed by atoms with Crippen LogP contribution < -0.4 is 0 Å². The van der Waals surface area contributed by atoms with E-state index in [9.17, 15) is 4.79 Å². The van der Waals surface area contributed by atoms with Crippen molar-refractivity contribution in [1.29, 1.82) is 0 Å². The first-order chi connectivity index (χ1) is 7.77. The first-order valence-electron chi connectivity index (χ1n) is 6.25. The Morgan fingerprint density at radius 1 is 1.44 bits per heavy atom. The molecule has 4 nitrogen and oxygen atoms in total. The number of hydrogen-bond acceptors (Lipinski definition) is 3. The largest absolute Gasteiger partial charge is 0.378 e. The number of ether oxygens (including phenoxy) is 2. The van der Waals surface area contributed by atoms with Crippen molar-refractivity contribution < 1.29 is 14.3 Å². The van der Waals surface area contributed by atoms with Gasteiger partial charge in [0, 0.05) is 19.7 Å². The van der Waals surface area contributed by atoms with E-state index in [4.69, 9.17) is 9.47 Å². The molecule has 4 heteroatoms. The van der Waals surface area contributed by atoms with Crippen molar-refractivity contribution in [3.63, 3.8) is 0 Å². The second kappa shape index (κ2) is 7.63. The van der Waals surface area contributed by atoms with E-state index in [1.165, 1.54) is 0 Å². The Hall–Kier alpha value is -0.610. The van der Waals surface area contributed by atoms with Gasteiger partial charge in [0.05, 0.1) is 25.7 Å². The van der Waals surface area contributed by atoms with Gasteiger partial charge >= 0.3 is 0 Å². The summed E-state index contributed by atoms with van der Waals surface area (Å²) in [6.07, 6.45) is 2.95. The summed E-state index contributed by atoms with van der Waals surface area (Å²) in [7, 11) is 0. The second-order valence-electron chi connectivity index (χ2n) is 4.03. The lowest BCUT2D eigenvalue weighted by molar-refractivity contribution is -0.132. The minimum absolute atomic E-state index is 0.178. The van der Waals surface area contributed by atoms with Gasteiger partial charge in [-0.2, -0.15) is 0 Å². The topological polar surface area (TPSA) is 38.8 Å². The molecule has 1 saturated heterocycles. The fourth-order valence-corrected chi connectivity index (χ4v) is 1.88. The van der Waals surface area contributed by atoms with Gasteiger partial charge in [-0.1, -0.05) is 0 Å². The van der Waals surface area contributed by atoms with Gasteiger partial charge in [0.25, 0.3) is 0 Å². The monoisotopic (exact) mass is 229 g/mol. The molecule has 0 aromatic rings. The van der Waals surface area contributed by atoms with Crippen LogP contribution in [0.3, 0.4) is 0 Å². The summed E-state index contributed by atoms with van der Waals surface area (Å²) in [5.41, 5.74) is 0. The predicted molar refractivity (Wildman–Crippen MR) is 62.3 cm³/mol. The SMILES string of the molecule is CCN(CC)C(=O)CCOC[C@@H]1CCCO1. The summed E-state index contributed by atoms with van der Waals surface area (Å²) in [6.45, 7) is 7.54. The van der Waals surface area contributed by atoms with Crippen LogP contribution in [0.5, 0.6) is 0 Å². The van der Waals surface area contributed by atoms with Gasteiger partial charge in [0.15, 0.2) is 0 Å². The van der Waals surface area contributed by atoms with E-state index in [-0.39, 0.29) is 12.0 Å². The van der Waals surface area contributed by atoms with E-state index in [1.54, 1.807) is 0 Å². The van der Waals surface area contributed by atoms with Crippen molar-refractivity contribution in [2.75, 3.05) is 32.9 Å². The van der Waals surface area contributed by atoms with E-state index in [0.29, 0.717) is 19.6 Å². The van der Waals surface area contributed by atoms with E-state index in [1.807, 2.05) is 18.7 Å². The zero-order valence-corrected chi connectivity index (χ0v) is 10.4. The van der Waals surface area contributed by atoms with Crippen LogP contribution in [0.25, 0.3) is 0 Å². The van der Waals surface area contributed by atoms with Gasteiger partial charge in [-0.15, -0.1) is 0 Å². The van der Waals surface area contributed by atoms with Crippen LogP contribution in [0, 0.1) is 0 Å². The maximum absolute atomic E-state index is 11.6. The van der Waals surface area contributed by atoms with Crippen LogP contribution in [0.1, 0.15) is 33.1 Å². The average molecular weight is 229 g/mol. The van der Waals surface area contributed by atoms with Crippen LogP contribution in [0.2, 0.25) is 0 Å². The van der Waals surface area contributed by atoms with Crippen molar-refractivity contribution in [3.8, 4) is 0 Å². The maximum Gasteiger partial charge on any atom is 0.224 e. The summed E-state index contributed by atoms with van der Waals surface area (Å²) in [5.74, 6) is 0.178. The Morgan fingerprint density at radius 3 is 2.75 bits per heavy atom. The summed E-state index contributed by atoms with van der Waals surface area (Å²) in [4.78, 5) is 13.4. The van der Waals surface area contributed by atoms with Gasteiger partial charge in [-0.3, -0.25) is 4.79 Å². The molecular weight excluding hydrogens is 206 g/mol. The van der Waals surface area contributed by atoms with E-state index in [0.717, 1.165) is 32.5 Å². The Labute approximate surface area is 97.9 Å². The van der Waals surface area contributed by atoms with Crippen molar-refractivity contribution >= 4 is 5.91 Å². The third-order valence-corrected chi connectivity index (χ3v) is 2.90. The number of amides is 1. The van der Waals surface area contributed by atoms with Crippen molar-refractivity contribution in [2.24, 2.45) is 0 Å². The molecule has 0 spiro atoms. The Morgan fingerprint density at radius 2 is 2.19 bits per heavy atom. The van der Waals surface area contributed by atoms with Gasteiger partial charge in [-0.25, -0.2) is 0 Å². The molecule has 0 unspecified atom stereocenters. The molecule has 1 heterocycles. The molecule has 0 bridgehead atoms. The second-order valence-corrected chi connectivity index (χ2v) is 4.03. The van der Waals surface area contributed by atoms with Crippen LogP contribution in [0.15, 0.2) is 0 Å². The molecular formula is C12H23NO3. The fraction of sp³-hybridized carbons (Fsp3) is 0.917. The lowest BCUT2D eigenvalue weighted by Crippen LogP contribution is -2.31. The Kier molecular flexibility index (Phi) is 6.42. The summed E-state index contributed by atoms with van der Waals surface area (Å²) in [6, 6.07) is 0. The van der Waals surface area contributed by atoms with Crippen molar-refractivity contribution in [3.05, 3.63) is 0 Å². The lowest BCUT2D eigenvalue weighted by atomic mass is 10.2. The highest BCUT2D eigenvalue weighted by atomic mass is 16.5. The van der Waals surface area contributed by atoms with Crippen molar-refractivity contribution in [2.45, 2.75) is 39.2 Å². The number of carbonyl (C=O) groups is 1. The third kappa shape index (κ3) is 4.49. The number of hydrogen-bond donors (Lipinski definition) is 0. The molecule has 1 rings (SSSR count). The summed E-state index contributed by atoms with van der Waals surface area (Å²) in [5, 5.41) is 0. The van der Waals surface area contributed by atoms with E-state index >= 15 is 0 Å². The highest BCUT2D eigenvalue weighted by molar-refractivity contribution is 5.76. The maximum atomic E-state index is 11.6. The molecule has 1 fully saturated rings. The smallest absolute Gasteiger partial charge is 0.224 e. The van der Waals surface area contributed by atoms with Crippen LogP contribution in [-0.2, 0) is 14.3 Å². The molecule has 0 aliphatic carbocycles. The highest BCUT2D eigenvalue weighted by Gasteiger charge is 2.15. The standard InChI is InChI=1S/C12H23NO3/c1-3-13(4-2)12(14)7-9-15-10-11-6-5-8-16-11/h11H,3-10H2,1-2H3/t11-/m0/s1. The van der Waals surface area contributed by atoms with Crippen LogP contribution >= 0.6 is 0 Å². The molecule has 1 aliphatic heterocycles. The molecule has 1 atom stereocenters. The van der Waals surface area contributed by atoms with Gasteiger partial charge in [0.1, 0.15) is 0 Å². The molecule has 0 radical (unpaired) electrons. The zero-order valence-electron chi connectivity index (χ0n) is 10.4. The molecule has 16 heavy (non-hydrogen) atoms. The van der Waals surface area contributed by atoms with Gasteiger partial charge in [-0.05, 0) is 26.7 Å². The van der Waals surface area contributed by atoms with E-state index < -0.39 is 0 Å². The molecule has 94 valence electrons. The highest BCUT2D eigenvalue weighted by Crippen LogP contribution is 2.11. The fourth-order valence-electron chi connectivity index (χ4n) is 1.88.